The summed E-state index contributed by atoms with van der Waals surface area (Å²) in [4.78, 5) is 17.6. The number of rotatable bonds is 9. The van der Waals surface area contributed by atoms with E-state index in [-0.39, 0.29) is 36.1 Å². The molecule has 4 nitrogen and oxygen atoms in total. The van der Waals surface area contributed by atoms with Crippen molar-refractivity contribution in [3.63, 3.8) is 0 Å². The first-order chi connectivity index (χ1) is 12.1. The average Bonchev–Trinajstić information content (AvgIpc) is 3.09. The Morgan fingerprint density at radius 2 is 1.81 bits per heavy atom. The number of likely N-dealkylation sites (tertiary alicyclic amines) is 1. The van der Waals surface area contributed by atoms with Crippen LogP contribution in [0.3, 0.4) is 0 Å². The lowest BCUT2D eigenvalue weighted by Gasteiger charge is -2.36. The first-order valence-electron chi connectivity index (χ1n) is 9.84. The molecule has 6 heteroatoms. The van der Waals surface area contributed by atoms with E-state index in [1.54, 1.807) is 0 Å². The summed E-state index contributed by atoms with van der Waals surface area (Å²) in [5.74, 6) is 0.820. The molecule has 2 N–H and O–H groups in total. The minimum atomic E-state index is -0.377. The topological polar surface area (TPSA) is 49.6 Å². The lowest BCUT2D eigenvalue weighted by Crippen LogP contribution is -2.49. The highest BCUT2D eigenvalue weighted by Gasteiger charge is 2.37. The van der Waals surface area contributed by atoms with Gasteiger partial charge in [0.05, 0.1) is 5.41 Å². The maximum atomic E-state index is 13.1. The summed E-state index contributed by atoms with van der Waals surface area (Å²) >= 11 is 0. The third-order valence-electron chi connectivity index (χ3n) is 5.96. The predicted octanol–water partition coefficient (Wildman–Crippen LogP) is 3.97. The lowest BCUT2D eigenvalue weighted by atomic mass is 9.80. The van der Waals surface area contributed by atoms with Crippen LogP contribution in [0.5, 0.6) is 0 Å². The van der Waals surface area contributed by atoms with Gasteiger partial charge in [-0.15, -0.1) is 24.8 Å². The molecule has 1 aromatic carbocycles. The summed E-state index contributed by atoms with van der Waals surface area (Å²) < 4.78 is 0. The number of nitrogens with two attached hydrogens (primary N) is 1. The van der Waals surface area contributed by atoms with Gasteiger partial charge in [-0.05, 0) is 44.2 Å². The molecule has 156 valence electrons. The zero-order valence-corrected chi connectivity index (χ0v) is 18.7. The first kappa shape index (κ1) is 26.2. The van der Waals surface area contributed by atoms with Crippen molar-refractivity contribution in [3.05, 3.63) is 35.9 Å². The second-order valence-electron chi connectivity index (χ2n) is 7.41. The van der Waals surface area contributed by atoms with Crippen LogP contribution in [0.2, 0.25) is 0 Å². The first-order valence-corrected chi connectivity index (χ1v) is 9.84. The normalized spacial score (nSPS) is 17.1. The van der Waals surface area contributed by atoms with Crippen LogP contribution in [0.1, 0.15) is 45.6 Å². The number of nitrogens with zero attached hydrogens (tertiary/aromatic N) is 2. The minimum absolute atomic E-state index is 0. The smallest absolute Gasteiger partial charge is 0.230 e. The van der Waals surface area contributed by atoms with Gasteiger partial charge in [0, 0.05) is 32.7 Å². The van der Waals surface area contributed by atoms with Crippen molar-refractivity contribution in [3.8, 4) is 0 Å². The largest absolute Gasteiger partial charge is 0.342 e. The quantitative estimate of drug-likeness (QED) is 0.660. The van der Waals surface area contributed by atoms with Crippen molar-refractivity contribution in [1.82, 2.24) is 9.80 Å². The van der Waals surface area contributed by atoms with Gasteiger partial charge in [-0.1, -0.05) is 44.2 Å². The van der Waals surface area contributed by atoms with Gasteiger partial charge >= 0.3 is 0 Å². The predicted molar refractivity (Wildman–Crippen MR) is 119 cm³/mol. The second kappa shape index (κ2) is 12.6. The Morgan fingerprint density at radius 1 is 1.19 bits per heavy atom. The van der Waals surface area contributed by atoms with Gasteiger partial charge < -0.3 is 10.6 Å². The number of halogens is 2. The highest BCUT2D eigenvalue weighted by atomic mass is 35.5. The van der Waals surface area contributed by atoms with E-state index in [0.29, 0.717) is 12.5 Å². The maximum absolute atomic E-state index is 13.1. The van der Waals surface area contributed by atoms with Crippen molar-refractivity contribution in [2.24, 2.45) is 17.1 Å². The van der Waals surface area contributed by atoms with E-state index in [9.17, 15) is 4.79 Å². The van der Waals surface area contributed by atoms with E-state index < -0.39 is 0 Å². The Labute approximate surface area is 177 Å². The third kappa shape index (κ3) is 6.63. The maximum Gasteiger partial charge on any atom is 0.230 e. The van der Waals surface area contributed by atoms with Gasteiger partial charge in [-0.3, -0.25) is 9.69 Å². The highest BCUT2D eigenvalue weighted by Crippen LogP contribution is 2.29. The summed E-state index contributed by atoms with van der Waals surface area (Å²) in [6.45, 7) is 11.5. The third-order valence-corrected chi connectivity index (χ3v) is 5.96. The fraction of sp³-hybridized carbons (Fsp3) is 0.667. The Kier molecular flexibility index (Phi) is 12.2. The molecule has 1 saturated heterocycles. The fourth-order valence-electron chi connectivity index (χ4n) is 3.98. The van der Waals surface area contributed by atoms with Crippen LogP contribution in [0.15, 0.2) is 30.3 Å². The molecule has 0 saturated carbocycles. The summed E-state index contributed by atoms with van der Waals surface area (Å²) in [5, 5.41) is 0. The van der Waals surface area contributed by atoms with E-state index in [0.717, 1.165) is 45.6 Å². The number of carbonyl (C=O) groups excluding carboxylic acids is 1. The van der Waals surface area contributed by atoms with Gasteiger partial charge in [0.15, 0.2) is 0 Å². The molecule has 0 bridgehead atoms. The fourth-order valence-corrected chi connectivity index (χ4v) is 3.98. The van der Waals surface area contributed by atoms with E-state index in [1.165, 1.54) is 12.0 Å². The van der Waals surface area contributed by atoms with Crippen LogP contribution in [0.25, 0.3) is 0 Å². The molecule has 1 atom stereocenters. The molecule has 1 heterocycles. The monoisotopic (exact) mass is 417 g/mol. The summed E-state index contributed by atoms with van der Waals surface area (Å²) in [6.07, 6.45) is 2.81. The van der Waals surface area contributed by atoms with Gasteiger partial charge in [-0.25, -0.2) is 0 Å². The molecule has 2 rings (SSSR count). The Balaban J connectivity index is 0.00000338. The van der Waals surface area contributed by atoms with Crippen molar-refractivity contribution >= 4 is 30.7 Å². The number of amides is 1. The molecular weight excluding hydrogens is 381 g/mol. The Morgan fingerprint density at radius 3 is 2.33 bits per heavy atom. The molecule has 0 spiro atoms. The molecule has 1 aromatic rings. The molecule has 1 unspecified atom stereocenters. The van der Waals surface area contributed by atoms with Crippen molar-refractivity contribution in [2.45, 2.75) is 46.6 Å². The van der Waals surface area contributed by atoms with Crippen LogP contribution in [0.4, 0.5) is 0 Å². The molecule has 1 aliphatic heterocycles. The van der Waals surface area contributed by atoms with Gasteiger partial charge in [0.1, 0.15) is 0 Å². The molecule has 0 aromatic heterocycles. The molecule has 27 heavy (non-hydrogen) atoms. The number of hydrogen-bond donors (Lipinski definition) is 1. The highest BCUT2D eigenvalue weighted by molar-refractivity contribution is 5.85. The van der Waals surface area contributed by atoms with Crippen molar-refractivity contribution in [2.75, 3.05) is 32.7 Å². The molecular formula is C21H37Cl2N3O. The number of carbonyl (C=O) groups is 1. The molecule has 0 aliphatic carbocycles. The van der Waals surface area contributed by atoms with Crippen molar-refractivity contribution < 1.29 is 4.79 Å². The lowest BCUT2D eigenvalue weighted by molar-refractivity contribution is -0.142. The van der Waals surface area contributed by atoms with Gasteiger partial charge in [0.2, 0.25) is 5.91 Å². The van der Waals surface area contributed by atoms with E-state index >= 15 is 0 Å². The summed E-state index contributed by atoms with van der Waals surface area (Å²) in [5.41, 5.74) is 6.97. The minimum Gasteiger partial charge on any atom is -0.342 e. The SMILES string of the molecule is CCN(CC1CCN(Cc2ccccc2)C1)C(=O)C(CC)(CC)CN.Cl.Cl. The van der Waals surface area contributed by atoms with E-state index in [2.05, 4.69) is 60.9 Å². The number of benzene rings is 1. The Bertz CT molecular complexity index is 529. The van der Waals surface area contributed by atoms with Crippen LogP contribution >= 0.6 is 24.8 Å². The van der Waals surface area contributed by atoms with E-state index in [1.807, 2.05) is 0 Å². The zero-order chi connectivity index (χ0) is 18.3. The Hall–Kier alpha value is -0.810. The van der Waals surface area contributed by atoms with Crippen molar-refractivity contribution in [1.29, 1.82) is 0 Å². The van der Waals surface area contributed by atoms with Crippen LogP contribution in [0, 0.1) is 11.3 Å². The van der Waals surface area contributed by atoms with Crippen LogP contribution in [-0.4, -0.2) is 48.4 Å². The standard InChI is InChI=1S/C21H35N3O.2ClH/c1-4-21(5-2,17-22)20(25)24(6-3)16-19-12-13-23(15-19)14-18-10-8-7-9-11-18;;/h7-11,19H,4-6,12-17,22H2,1-3H3;2*1H. The van der Waals surface area contributed by atoms with E-state index in [4.69, 9.17) is 5.73 Å². The van der Waals surface area contributed by atoms with Crippen LogP contribution in [-0.2, 0) is 11.3 Å². The van der Waals surface area contributed by atoms with Gasteiger partial charge in [0.25, 0.3) is 0 Å². The molecule has 1 aliphatic rings. The van der Waals surface area contributed by atoms with Gasteiger partial charge in [-0.2, -0.15) is 0 Å². The number of hydrogen-bond acceptors (Lipinski definition) is 3. The molecule has 0 radical (unpaired) electrons. The molecule has 1 amide bonds. The summed E-state index contributed by atoms with van der Waals surface area (Å²) in [6, 6.07) is 10.6. The molecule has 1 fully saturated rings. The van der Waals surface area contributed by atoms with Crippen LogP contribution < -0.4 is 5.73 Å². The summed E-state index contributed by atoms with van der Waals surface area (Å²) in [7, 11) is 0. The average molecular weight is 418 g/mol. The second-order valence-corrected chi connectivity index (χ2v) is 7.41. The zero-order valence-electron chi connectivity index (χ0n) is 17.0.